The Bertz CT molecular complexity index is 346. The molecule has 0 amide bonds. The highest BCUT2D eigenvalue weighted by molar-refractivity contribution is 8.03. The molecule has 3 nitrogen and oxygen atoms in total. The standard InChI is InChI=1S/C13H19NO2S2/c1-16-13(15)12(17-2)10-18-8-4-6-11-5-3-7-14-9-11/h3,5,7,9,12H,4,6,8,10H2,1-2H3. The number of aromatic nitrogens is 1. The first-order valence-corrected chi connectivity index (χ1v) is 8.29. The molecular formula is C13H19NO2S2. The Kier molecular flexibility index (Phi) is 7.93. The Morgan fingerprint density at radius 2 is 2.39 bits per heavy atom. The summed E-state index contributed by atoms with van der Waals surface area (Å²) in [4.78, 5) is 15.5. The van der Waals surface area contributed by atoms with Crippen molar-refractivity contribution >= 4 is 29.5 Å². The van der Waals surface area contributed by atoms with Crippen LogP contribution in [0, 0.1) is 0 Å². The highest BCUT2D eigenvalue weighted by atomic mass is 32.2. The van der Waals surface area contributed by atoms with Crippen molar-refractivity contribution in [2.45, 2.75) is 18.1 Å². The van der Waals surface area contributed by atoms with E-state index in [-0.39, 0.29) is 11.2 Å². The molecule has 5 heteroatoms. The average molecular weight is 285 g/mol. The van der Waals surface area contributed by atoms with Crippen molar-refractivity contribution in [1.29, 1.82) is 0 Å². The topological polar surface area (TPSA) is 39.2 Å². The van der Waals surface area contributed by atoms with Gasteiger partial charge in [0.1, 0.15) is 5.25 Å². The van der Waals surface area contributed by atoms with E-state index in [1.807, 2.05) is 18.5 Å². The Hall–Kier alpha value is -0.680. The fraction of sp³-hybridized carbons (Fsp3) is 0.538. The molecule has 1 aromatic heterocycles. The van der Waals surface area contributed by atoms with E-state index < -0.39 is 0 Å². The third kappa shape index (κ3) is 5.78. The summed E-state index contributed by atoms with van der Waals surface area (Å²) < 4.78 is 4.75. The first-order valence-electron chi connectivity index (χ1n) is 5.85. The summed E-state index contributed by atoms with van der Waals surface area (Å²) in [5, 5.41) is -0.0432. The molecule has 0 aliphatic carbocycles. The van der Waals surface area contributed by atoms with Gasteiger partial charge in [0.05, 0.1) is 7.11 Å². The highest BCUT2D eigenvalue weighted by Gasteiger charge is 2.17. The number of carbonyl (C=O) groups excluding carboxylic acids is 1. The van der Waals surface area contributed by atoms with Crippen molar-refractivity contribution in [2.24, 2.45) is 0 Å². The maximum Gasteiger partial charge on any atom is 0.319 e. The Labute approximate surface area is 117 Å². The van der Waals surface area contributed by atoms with Crippen LogP contribution < -0.4 is 0 Å². The quantitative estimate of drug-likeness (QED) is 0.542. The normalized spacial score (nSPS) is 12.1. The van der Waals surface area contributed by atoms with Crippen molar-refractivity contribution in [2.75, 3.05) is 24.9 Å². The van der Waals surface area contributed by atoms with Gasteiger partial charge in [-0.25, -0.2) is 0 Å². The zero-order valence-electron chi connectivity index (χ0n) is 10.8. The average Bonchev–Trinajstić information content (AvgIpc) is 2.43. The van der Waals surface area contributed by atoms with Crippen LogP contribution in [-0.4, -0.2) is 41.1 Å². The first-order chi connectivity index (χ1) is 8.77. The molecule has 0 N–H and O–H groups in total. The number of carbonyl (C=O) groups is 1. The molecular weight excluding hydrogens is 266 g/mol. The summed E-state index contributed by atoms with van der Waals surface area (Å²) in [6.07, 6.45) is 7.79. The van der Waals surface area contributed by atoms with E-state index in [0.717, 1.165) is 24.3 Å². The predicted molar refractivity (Wildman–Crippen MR) is 79.2 cm³/mol. The lowest BCUT2D eigenvalue weighted by molar-refractivity contribution is -0.139. The van der Waals surface area contributed by atoms with Gasteiger partial charge in [0.2, 0.25) is 0 Å². The Morgan fingerprint density at radius 3 is 3.00 bits per heavy atom. The summed E-state index contributed by atoms with van der Waals surface area (Å²) in [7, 11) is 1.44. The number of thioether (sulfide) groups is 2. The van der Waals surface area contributed by atoms with Crippen LogP contribution in [0.4, 0.5) is 0 Å². The van der Waals surface area contributed by atoms with Crippen molar-refractivity contribution < 1.29 is 9.53 Å². The number of nitrogens with zero attached hydrogens (tertiary/aromatic N) is 1. The molecule has 0 saturated carbocycles. The molecule has 1 unspecified atom stereocenters. The van der Waals surface area contributed by atoms with Gasteiger partial charge in [-0.15, -0.1) is 11.8 Å². The SMILES string of the molecule is COC(=O)C(CSCCCc1cccnc1)SC. The molecule has 0 aliphatic rings. The lowest BCUT2D eigenvalue weighted by Gasteiger charge is -2.11. The second kappa shape index (κ2) is 9.28. The minimum absolute atomic E-state index is 0.0432. The largest absolute Gasteiger partial charge is 0.468 e. The second-order valence-electron chi connectivity index (χ2n) is 3.79. The molecule has 0 saturated heterocycles. The fourth-order valence-corrected chi connectivity index (χ4v) is 3.47. The summed E-state index contributed by atoms with van der Waals surface area (Å²) in [5.74, 6) is 1.76. The van der Waals surface area contributed by atoms with E-state index in [1.54, 1.807) is 29.7 Å². The Morgan fingerprint density at radius 1 is 1.56 bits per heavy atom. The van der Waals surface area contributed by atoms with Gasteiger partial charge in [0.15, 0.2) is 0 Å². The van der Waals surface area contributed by atoms with Crippen molar-refractivity contribution in [3.05, 3.63) is 30.1 Å². The van der Waals surface area contributed by atoms with Gasteiger partial charge in [-0.1, -0.05) is 6.07 Å². The van der Waals surface area contributed by atoms with Crippen molar-refractivity contribution in [3.8, 4) is 0 Å². The van der Waals surface area contributed by atoms with Gasteiger partial charge in [-0.3, -0.25) is 9.78 Å². The molecule has 0 spiro atoms. The molecule has 1 aromatic rings. The van der Waals surface area contributed by atoms with Crippen LogP contribution in [0.3, 0.4) is 0 Å². The third-order valence-electron chi connectivity index (χ3n) is 2.49. The molecule has 0 aromatic carbocycles. The molecule has 100 valence electrons. The van der Waals surface area contributed by atoms with E-state index in [2.05, 4.69) is 11.1 Å². The molecule has 1 rings (SSSR count). The molecule has 0 bridgehead atoms. The molecule has 0 fully saturated rings. The molecule has 1 atom stereocenters. The smallest absolute Gasteiger partial charge is 0.319 e. The number of hydrogen-bond acceptors (Lipinski definition) is 5. The lowest BCUT2D eigenvalue weighted by atomic mass is 10.2. The minimum Gasteiger partial charge on any atom is -0.468 e. The second-order valence-corrected chi connectivity index (χ2v) is 5.98. The van der Waals surface area contributed by atoms with Gasteiger partial charge in [-0.2, -0.15) is 11.8 Å². The number of ether oxygens (including phenoxy) is 1. The molecule has 0 aliphatic heterocycles. The van der Waals surface area contributed by atoms with Crippen LogP contribution in [0.25, 0.3) is 0 Å². The number of rotatable bonds is 8. The van der Waals surface area contributed by atoms with Crippen LogP contribution in [0.5, 0.6) is 0 Å². The van der Waals surface area contributed by atoms with Gasteiger partial charge in [0.25, 0.3) is 0 Å². The van der Waals surface area contributed by atoms with Gasteiger partial charge in [0, 0.05) is 18.1 Å². The fourth-order valence-electron chi connectivity index (χ4n) is 1.48. The van der Waals surface area contributed by atoms with E-state index >= 15 is 0 Å². The van der Waals surface area contributed by atoms with Crippen LogP contribution in [0.1, 0.15) is 12.0 Å². The first kappa shape index (κ1) is 15.4. The zero-order valence-corrected chi connectivity index (χ0v) is 12.4. The van der Waals surface area contributed by atoms with Gasteiger partial charge in [-0.05, 0) is 36.5 Å². The summed E-state index contributed by atoms with van der Waals surface area (Å²) in [5.41, 5.74) is 1.27. The minimum atomic E-state index is -0.123. The van der Waals surface area contributed by atoms with Crippen LogP contribution >= 0.6 is 23.5 Å². The maximum absolute atomic E-state index is 11.4. The monoisotopic (exact) mass is 285 g/mol. The van der Waals surface area contributed by atoms with Crippen molar-refractivity contribution in [3.63, 3.8) is 0 Å². The van der Waals surface area contributed by atoms with E-state index in [1.165, 1.54) is 12.7 Å². The van der Waals surface area contributed by atoms with E-state index in [4.69, 9.17) is 4.74 Å². The number of methoxy groups -OCH3 is 1. The van der Waals surface area contributed by atoms with Gasteiger partial charge >= 0.3 is 5.97 Å². The molecule has 1 heterocycles. The number of esters is 1. The van der Waals surface area contributed by atoms with E-state index in [9.17, 15) is 4.79 Å². The number of hydrogen-bond donors (Lipinski definition) is 0. The van der Waals surface area contributed by atoms with E-state index in [0.29, 0.717) is 0 Å². The summed E-state index contributed by atoms with van der Waals surface area (Å²) >= 11 is 3.36. The third-order valence-corrected chi connectivity index (χ3v) is 4.78. The lowest BCUT2D eigenvalue weighted by Crippen LogP contribution is -2.21. The zero-order chi connectivity index (χ0) is 13.2. The maximum atomic E-state index is 11.4. The van der Waals surface area contributed by atoms with Crippen molar-refractivity contribution in [1.82, 2.24) is 4.98 Å². The van der Waals surface area contributed by atoms with Gasteiger partial charge < -0.3 is 4.74 Å². The number of pyridine rings is 1. The molecule has 18 heavy (non-hydrogen) atoms. The van der Waals surface area contributed by atoms with Crippen LogP contribution in [-0.2, 0) is 16.0 Å². The summed E-state index contributed by atoms with van der Waals surface area (Å²) in [6, 6.07) is 4.06. The number of aryl methyl sites for hydroxylation is 1. The van der Waals surface area contributed by atoms with Crippen LogP contribution in [0.15, 0.2) is 24.5 Å². The Balaban J connectivity index is 2.13. The highest BCUT2D eigenvalue weighted by Crippen LogP contribution is 2.16. The predicted octanol–water partition coefficient (Wildman–Crippen LogP) is 2.65. The van der Waals surface area contributed by atoms with Crippen LogP contribution in [0.2, 0.25) is 0 Å². The molecule has 0 radical (unpaired) electrons. The summed E-state index contributed by atoms with van der Waals surface area (Å²) in [6.45, 7) is 0.